The molecule has 1 aliphatic rings. The molecule has 0 bridgehead atoms. The Hall–Kier alpha value is -1.46. The molecule has 5 nitrogen and oxygen atoms in total. The molecular formula is C14H22N4O. The predicted octanol–water partition coefficient (Wildman–Crippen LogP) is 0.509. The van der Waals surface area contributed by atoms with Gasteiger partial charge in [0.15, 0.2) is 0 Å². The second kappa shape index (κ2) is 5.67. The zero-order valence-corrected chi connectivity index (χ0v) is 11.6. The molecule has 19 heavy (non-hydrogen) atoms. The maximum absolute atomic E-state index is 12.1. The summed E-state index contributed by atoms with van der Waals surface area (Å²) in [6.07, 6.45) is 2.68. The normalized spacial score (nSPS) is 23.7. The highest BCUT2D eigenvalue weighted by Gasteiger charge is 2.38. The number of hydrogen-bond acceptors (Lipinski definition) is 4. The van der Waals surface area contributed by atoms with Crippen LogP contribution in [-0.4, -0.2) is 40.5 Å². The van der Waals surface area contributed by atoms with Crippen molar-refractivity contribution >= 4 is 5.91 Å². The van der Waals surface area contributed by atoms with E-state index >= 15 is 0 Å². The number of amides is 1. The molecule has 2 rings (SSSR count). The van der Waals surface area contributed by atoms with Gasteiger partial charge in [0.2, 0.25) is 5.91 Å². The highest BCUT2D eigenvalue weighted by Crippen LogP contribution is 2.25. The lowest BCUT2D eigenvalue weighted by Crippen LogP contribution is -2.55. The molecule has 0 spiro atoms. The minimum Gasteiger partial charge on any atom is -0.355 e. The summed E-state index contributed by atoms with van der Waals surface area (Å²) in [4.78, 5) is 18.6. The van der Waals surface area contributed by atoms with Gasteiger partial charge in [0.25, 0.3) is 0 Å². The second-order valence-electron chi connectivity index (χ2n) is 5.55. The van der Waals surface area contributed by atoms with Crippen LogP contribution in [0.2, 0.25) is 0 Å². The first kappa shape index (κ1) is 14.0. The van der Waals surface area contributed by atoms with Crippen molar-refractivity contribution in [3.8, 4) is 0 Å². The van der Waals surface area contributed by atoms with Crippen LogP contribution in [0.25, 0.3) is 0 Å². The van der Waals surface area contributed by atoms with Gasteiger partial charge in [-0.05, 0) is 32.4 Å². The molecule has 1 atom stereocenters. The van der Waals surface area contributed by atoms with Crippen molar-refractivity contribution < 1.29 is 4.79 Å². The third-order valence-corrected chi connectivity index (χ3v) is 3.77. The summed E-state index contributed by atoms with van der Waals surface area (Å²) in [5, 5.41) is 2.94. The van der Waals surface area contributed by atoms with Crippen LogP contribution in [0.15, 0.2) is 24.4 Å². The van der Waals surface area contributed by atoms with E-state index in [1.54, 1.807) is 6.20 Å². The smallest absolute Gasteiger partial charge is 0.238 e. The van der Waals surface area contributed by atoms with Crippen LogP contribution < -0.4 is 11.1 Å². The maximum atomic E-state index is 12.1. The largest absolute Gasteiger partial charge is 0.355 e. The number of nitrogens with one attached hydrogen (secondary N) is 1. The molecule has 0 radical (unpaired) electrons. The number of nitrogens with two attached hydrogens (primary N) is 1. The Balaban J connectivity index is 2.27. The highest BCUT2D eigenvalue weighted by atomic mass is 16.2. The van der Waals surface area contributed by atoms with Crippen molar-refractivity contribution in [2.45, 2.75) is 38.4 Å². The Labute approximate surface area is 114 Å². The van der Waals surface area contributed by atoms with Crippen LogP contribution in [0, 0.1) is 0 Å². The minimum absolute atomic E-state index is 0.0176. The van der Waals surface area contributed by atoms with Crippen molar-refractivity contribution in [3.05, 3.63) is 30.1 Å². The summed E-state index contributed by atoms with van der Waals surface area (Å²) < 4.78 is 0. The van der Waals surface area contributed by atoms with Gasteiger partial charge in [0.1, 0.15) is 6.04 Å². The average Bonchev–Trinajstić information content (AvgIpc) is 2.48. The number of aromatic nitrogens is 1. The van der Waals surface area contributed by atoms with E-state index in [-0.39, 0.29) is 17.5 Å². The molecule has 1 unspecified atom stereocenters. The van der Waals surface area contributed by atoms with E-state index in [4.69, 9.17) is 5.73 Å². The topological polar surface area (TPSA) is 71.2 Å². The zero-order valence-electron chi connectivity index (χ0n) is 11.6. The van der Waals surface area contributed by atoms with Crippen LogP contribution in [0.4, 0.5) is 0 Å². The summed E-state index contributed by atoms with van der Waals surface area (Å²) in [7, 11) is 0. The fraction of sp³-hybridized carbons (Fsp3) is 0.571. The molecule has 1 fully saturated rings. The first-order valence-electron chi connectivity index (χ1n) is 6.69. The number of rotatable bonds is 3. The zero-order chi connectivity index (χ0) is 13.9. The Kier molecular flexibility index (Phi) is 4.17. The molecule has 1 aromatic heterocycles. The van der Waals surface area contributed by atoms with Gasteiger partial charge in [0, 0.05) is 31.4 Å². The molecule has 0 saturated carbocycles. The maximum Gasteiger partial charge on any atom is 0.238 e. The summed E-state index contributed by atoms with van der Waals surface area (Å²) >= 11 is 0. The molecule has 0 aliphatic carbocycles. The Morgan fingerprint density at radius 2 is 2.32 bits per heavy atom. The molecule has 3 N–H and O–H groups in total. The average molecular weight is 262 g/mol. The van der Waals surface area contributed by atoms with E-state index in [2.05, 4.69) is 29.0 Å². The van der Waals surface area contributed by atoms with Gasteiger partial charge in [-0.25, -0.2) is 0 Å². The van der Waals surface area contributed by atoms with Crippen LogP contribution >= 0.6 is 0 Å². The first-order chi connectivity index (χ1) is 9.04. The molecule has 2 heterocycles. The summed E-state index contributed by atoms with van der Waals surface area (Å²) in [5.41, 5.74) is 6.68. The third kappa shape index (κ3) is 3.11. The van der Waals surface area contributed by atoms with Crippen molar-refractivity contribution in [3.63, 3.8) is 0 Å². The van der Waals surface area contributed by atoms with Crippen LogP contribution in [-0.2, 0) is 11.3 Å². The lowest BCUT2D eigenvalue weighted by atomic mass is 9.96. The minimum atomic E-state index is -0.292. The third-order valence-electron chi connectivity index (χ3n) is 3.77. The molecule has 1 saturated heterocycles. The molecule has 5 heteroatoms. The molecule has 104 valence electrons. The fourth-order valence-corrected chi connectivity index (χ4v) is 2.54. The van der Waals surface area contributed by atoms with E-state index in [0.717, 1.165) is 12.1 Å². The van der Waals surface area contributed by atoms with Gasteiger partial charge < -0.3 is 11.1 Å². The Bertz CT molecular complexity index is 432. The van der Waals surface area contributed by atoms with E-state index in [9.17, 15) is 4.79 Å². The number of pyridine rings is 1. The quantitative estimate of drug-likeness (QED) is 0.832. The van der Waals surface area contributed by atoms with Gasteiger partial charge in [-0.1, -0.05) is 6.07 Å². The van der Waals surface area contributed by atoms with Crippen LogP contribution in [0.5, 0.6) is 0 Å². The summed E-state index contributed by atoms with van der Waals surface area (Å²) in [5.74, 6) is 0.0176. The van der Waals surface area contributed by atoms with Crippen molar-refractivity contribution in [1.29, 1.82) is 0 Å². The van der Waals surface area contributed by atoms with Crippen molar-refractivity contribution in [1.82, 2.24) is 15.2 Å². The Morgan fingerprint density at radius 1 is 1.53 bits per heavy atom. The standard InChI is InChI=1S/C14H22N4O/c1-14(2)6-8-17-13(19)12(9-15)18(14)10-11-5-3-4-7-16-11/h3-5,7,12H,6,8-10,15H2,1-2H3,(H,17,19). The van der Waals surface area contributed by atoms with Gasteiger partial charge in [0.05, 0.1) is 5.69 Å². The fourth-order valence-electron chi connectivity index (χ4n) is 2.54. The Morgan fingerprint density at radius 3 is 2.95 bits per heavy atom. The van der Waals surface area contributed by atoms with Crippen molar-refractivity contribution in [2.75, 3.05) is 13.1 Å². The molecule has 1 amide bonds. The van der Waals surface area contributed by atoms with Gasteiger partial charge >= 0.3 is 0 Å². The van der Waals surface area contributed by atoms with Crippen molar-refractivity contribution in [2.24, 2.45) is 5.73 Å². The summed E-state index contributed by atoms with van der Waals surface area (Å²) in [6.45, 7) is 5.96. The number of carbonyl (C=O) groups excluding carboxylic acids is 1. The van der Waals surface area contributed by atoms with Crippen LogP contribution in [0.3, 0.4) is 0 Å². The number of carbonyl (C=O) groups is 1. The highest BCUT2D eigenvalue weighted by molar-refractivity contribution is 5.82. The lowest BCUT2D eigenvalue weighted by molar-refractivity contribution is -0.127. The van der Waals surface area contributed by atoms with Gasteiger partial charge in [-0.3, -0.25) is 14.7 Å². The van der Waals surface area contributed by atoms with E-state index in [1.807, 2.05) is 18.2 Å². The van der Waals surface area contributed by atoms with Gasteiger partial charge in [-0.15, -0.1) is 0 Å². The monoisotopic (exact) mass is 262 g/mol. The molecule has 0 aromatic carbocycles. The SMILES string of the molecule is CC1(C)CCNC(=O)C(CN)N1Cc1ccccn1. The lowest BCUT2D eigenvalue weighted by Gasteiger charge is -2.40. The van der Waals surface area contributed by atoms with E-state index in [1.165, 1.54) is 0 Å². The number of hydrogen-bond donors (Lipinski definition) is 2. The van der Waals surface area contributed by atoms with E-state index < -0.39 is 0 Å². The van der Waals surface area contributed by atoms with Crippen LogP contribution in [0.1, 0.15) is 26.0 Å². The second-order valence-corrected chi connectivity index (χ2v) is 5.55. The molecule has 1 aliphatic heterocycles. The van der Waals surface area contributed by atoms with Gasteiger partial charge in [-0.2, -0.15) is 0 Å². The van der Waals surface area contributed by atoms with E-state index in [0.29, 0.717) is 19.6 Å². The first-order valence-corrected chi connectivity index (χ1v) is 6.69. The molecular weight excluding hydrogens is 240 g/mol. The predicted molar refractivity (Wildman–Crippen MR) is 74.3 cm³/mol. The summed E-state index contributed by atoms with van der Waals surface area (Å²) in [6, 6.07) is 5.54. The molecule has 1 aromatic rings. The number of nitrogens with zero attached hydrogens (tertiary/aromatic N) is 2.